The van der Waals surface area contributed by atoms with Crippen LogP contribution in [0.4, 0.5) is 0 Å². The third-order valence-electron chi connectivity index (χ3n) is 4.20. The van der Waals surface area contributed by atoms with Crippen LogP contribution in [-0.4, -0.2) is 35.2 Å². The van der Waals surface area contributed by atoms with E-state index in [-0.39, 0.29) is 6.23 Å². The topological polar surface area (TPSA) is 35.8 Å². The van der Waals surface area contributed by atoms with E-state index in [1.54, 1.807) is 0 Å². The van der Waals surface area contributed by atoms with Gasteiger partial charge in [0.15, 0.2) is 0 Å². The van der Waals surface area contributed by atoms with E-state index in [0.717, 1.165) is 31.8 Å². The van der Waals surface area contributed by atoms with Crippen molar-refractivity contribution in [2.45, 2.75) is 90.7 Å². The maximum atomic E-state index is 9.92. The summed E-state index contributed by atoms with van der Waals surface area (Å²) in [5.74, 6) is 1.14. The Kier molecular flexibility index (Phi) is 9.73. The molecule has 3 nitrogen and oxygen atoms in total. The summed E-state index contributed by atoms with van der Waals surface area (Å²) in [6, 6.07) is 0. The number of nitrogens with zero attached hydrogens (tertiary/aromatic N) is 2. The molecule has 1 atom stereocenters. The Bertz CT molecular complexity index is 266. The molecule has 118 valence electrons. The number of hydrogen-bond donors (Lipinski definition) is 1. The van der Waals surface area contributed by atoms with E-state index in [4.69, 9.17) is 0 Å². The maximum absolute atomic E-state index is 9.92. The number of aliphatic hydroxyl groups is 1. The molecule has 0 saturated heterocycles. The van der Waals surface area contributed by atoms with Gasteiger partial charge in [0.25, 0.3) is 0 Å². The lowest BCUT2D eigenvalue weighted by molar-refractivity contribution is 0.0558. The zero-order valence-corrected chi connectivity index (χ0v) is 13.6. The Morgan fingerprint density at radius 2 is 1.60 bits per heavy atom. The van der Waals surface area contributed by atoms with Crippen molar-refractivity contribution in [3.05, 3.63) is 0 Å². The molecule has 0 aromatic rings. The first kappa shape index (κ1) is 17.5. The first-order valence-electron chi connectivity index (χ1n) is 8.77. The van der Waals surface area contributed by atoms with Crippen LogP contribution in [0.15, 0.2) is 4.99 Å². The minimum Gasteiger partial charge on any atom is -0.374 e. The Hall–Kier alpha value is -0.570. The van der Waals surface area contributed by atoms with Crippen molar-refractivity contribution < 1.29 is 5.11 Å². The summed E-state index contributed by atoms with van der Waals surface area (Å²) < 4.78 is 0. The van der Waals surface area contributed by atoms with E-state index in [1.807, 2.05) is 6.92 Å². The van der Waals surface area contributed by atoms with Crippen molar-refractivity contribution in [3.63, 3.8) is 0 Å². The molecule has 0 aromatic carbocycles. The predicted octanol–water partition coefficient (Wildman–Crippen LogP) is 4.35. The SMILES string of the molecule is CCCCCCCCCCCC1=NCCN1C(O)CC. The summed E-state index contributed by atoms with van der Waals surface area (Å²) >= 11 is 0. The molecule has 0 aromatic heterocycles. The van der Waals surface area contributed by atoms with Crippen LogP contribution in [0.3, 0.4) is 0 Å². The lowest BCUT2D eigenvalue weighted by Gasteiger charge is -2.25. The number of aliphatic imine (C=N–C) groups is 1. The largest absolute Gasteiger partial charge is 0.374 e. The van der Waals surface area contributed by atoms with Gasteiger partial charge >= 0.3 is 0 Å². The molecule has 1 rings (SSSR count). The van der Waals surface area contributed by atoms with E-state index in [9.17, 15) is 5.11 Å². The average molecular weight is 282 g/mol. The Balaban J connectivity index is 1.98. The van der Waals surface area contributed by atoms with E-state index in [1.165, 1.54) is 57.8 Å². The average Bonchev–Trinajstić information content (AvgIpc) is 2.93. The Labute approximate surface area is 125 Å². The van der Waals surface area contributed by atoms with Crippen LogP contribution in [0.25, 0.3) is 0 Å². The van der Waals surface area contributed by atoms with Gasteiger partial charge in [-0.2, -0.15) is 0 Å². The number of rotatable bonds is 12. The van der Waals surface area contributed by atoms with Gasteiger partial charge in [0.05, 0.1) is 6.54 Å². The third kappa shape index (κ3) is 6.74. The van der Waals surface area contributed by atoms with Gasteiger partial charge < -0.3 is 10.0 Å². The van der Waals surface area contributed by atoms with Crippen molar-refractivity contribution in [3.8, 4) is 0 Å². The van der Waals surface area contributed by atoms with Crippen LogP contribution in [0.2, 0.25) is 0 Å². The molecule has 0 amide bonds. The molecule has 3 heteroatoms. The molecule has 0 radical (unpaired) electrons. The second-order valence-electron chi connectivity index (χ2n) is 5.96. The minimum absolute atomic E-state index is 0.324. The monoisotopic (exact) mass is 282 g/mol. The molecule has 0 bridgehead atoms. The van der Waals surface area contributed by atoms with Crippen molar-refractivity contribution in [1.29, 1.82) is 0 Å². The highest BCUT2D eigenvalue weighted by Gasteiger charge is 2.21. The lowest BCUT2D eigenvalue weighted by Crippen LogP contribution is -2.37. The standard InChI is InChI=1S/C17H34N2O/c1-3-5-6-7-8-9-10-11-12-13-16-18-14-15-19(16)17(20)4-2/h17,20H,3-15H2,1-2H3. The summed E-state index contributed by atoms with van der Waals surface area (Å²) in [5.41, 5.74) is 0. The molecule has 1 unspecified atom stereocenters. The van der Waals surface area contributed by atoms with Gasteiger partial charge in [0, 0.05) is 13.0 Å². The normalized spacial score (nSPS) is 16.6. The van der Waals surface area contributed by atoms with Crippen LogP contribution in [0, 0.1) is 0 Å². The van der Waals surface area contributed by atoms with Crippen molar-refractivity contribution in [2.75, 3.05) is 13.1 Å². The summed E-state index contributed by atoms with van der Waals surface area (Å²) in [7, 11) is 0. The molecule has 0 fully saturated rings. The molecule has 0 aliphatic carbocycles. The first-order valence-corrected chi connectivity index (χ1v) is 8.77. The molecule has 1 aliphatic rings. The molecule has 1 heterocycles. The first-order chi connectivity index (χ1) is 9.79. The Morgan fingerprint density at radius 1 is 1.00 bits per heavy atom. The Morgan fingerprint density at radius 3 is 2.20 bits per heavy atom. The molecule has 1 N–H and O–H groups in total. The highest BCUT2D eigenvalue weighted by atomic mass is 16.3. The number of hydrogen-bond acceptors (Lipinski definition) is 3. The van der Waals surface area contributed by atoms with Gasteiger partial charge in [-0.05, 0) is 12.8 Å². The second kappa shape index (κ2) is 11.1. The molecular formula is C17H34N2O. The van der Waals surface area contributed by atoms with E-state index >= 15 is 0 Å². The second-order valence-corrected chi connectivity index (χ2v) is 5.96. The molecule has 1 aliphatic heterocycles. The van der Waals surface area contributed by atoms with E-state index in [2.05, 4.69) is 16.8 Å². The predicted molar refractivity (Wildman–Crippen MR) is 87.1 cm³/mol. The van der Waals surface area contributed by atoms with Crippen LogP contribution in [0.5, 0.6) is 0 Å². The van der Waals surface area contributed by atoms with Crippen LogP contribution in [0.1, 0.15) is 84.5 Å². The summed E-state index contributed by atoms with van der Waals surface area (Å²) in [6.07, 6.45) is 13.8. The van der Waals surface area contributed by atoms with Gasteiger partial charge in [-0.25, -0.2) is 0 Å². The highest BCUT2D eigenvalue weighted by Crippen LogP contribution is 2.15. The van der Waals surface area contributed by atoms with Gasteiger partial charge in [0.2, 0.25) is 0 Å². The fourth-order valence-electron chi connectivity index (χ4n) is 2.86. The summed E-state index contributed by atoms with van der Waals surface area (Å²) in [5, 5.41) is 9.92. The van der Waals surface area contributed by atoms with Gasteiger partial charge in [0.1, 0.15) is 12.1 Å². The molecular weight excluding hydrogens is 248 g/mol. The highest BCUT2D eigenvalue weighted by molar-refractivity contribution is 5.83. The summed E-state index contributed by atoms with van der Waals surface area (Å²) in [4.78, 5) is 6.62. The maximum Gasteiger partial charge on any atom is 0.127 e. The fraction of sp³-hybridized carbons (Fsp3) is 0.941. The van der Waals surface area contributed by atoms with Crippen LogP contribution in [-0.2, 0) is 0 Å². The van der Waals surface area contributed by atoms with Crippen molar-refractivity contribution in [2.24, 2.45) is 4.99 Å². The van der Waals surface area contributed by atoms with Gasteiger partial charge in [-0.3, -0.25) is 4.99 Å². The van der Waals surface area contributed by atoms with Gasteiger partial charge in [-0.1, -0.05) is 65.2 Å². The zero-order valence-electron chi connectivity index (χ0n) is 13.6. The quantitative estimate of drug-likeness (QED) is 0.540. The van der Waals surface area contributed by atoms with Gasteiger partial charge in [-0.15, -0.1) is 0 Å². The molecule has 0 spiro atoms. The van der Waals surface area contributed by atoms with E-state index < -0.39 is 0 Å². The van der Waals surface area contributed by atoms with Crippen molar-refractivity contribution in [1.82, 2.24) is 4.90 Å². The van der Waals surface area contributed by atoms with E-state index in [0.29, 0.717) is 0 Å². The number of amidine groups is 1. The lowest BCUT2D eigenvalue weighted by atomic mass is 10.1. The van der Waals surface area contributed by atoms with Crippen LogP contribution >= 0.6 is 0 Å². The number of unbranched alkanes of at least 4 members (excludes halogenated alkanes) is 8. The smallest absolute Gasteiger partial charge is 0.127 e. The fourth-order valence-corrected chi connectivity index (χ4v) is 2.86. The molecule has 0 saturated carbocycles. The number of aliphatic hydroxyl groups excluding tert-OH is 1. The van der Waals surface area contributed by atoms with Crippen LogP contribution < -0.4 is 0 Å². The third-order valence-corrected chi connectivity index (χ3v) is 4.20. The minimum atomic E-state index is -0.324. The van der Waals surface area contributed by atoms with Crippen molar-refractivity contribution >= 4 is 5.84 Å². The zero-order chi connectivity index (χ0) is 14.6. The molecule has 20 heavy (non-hydrogen) atoms. The summed E-state index contributed by atoms with van der Waals surface area (Å²) in [6.45, 7) is 6.06.